The summed E-state index contributed by atoms with van der Waals surface area (Å²) in [5.74, 6) is 0.239. The Morgan fingerprint density at radius 3 is 2.67 bits per heavy atom. The van der Waals surface area contributed by atoms with Crippen LogP contribution in [-0.4, -0.2) is 10.8 Å². The first-order valence-electron chi connectivity index (χ1n) is 4.98. The van der Waals surface area contributed by atoms with Crippen molar-refractivity contribution in [1.29, 1.82) is 0 Å². The zero-order valence-electron chi connectivity index (χ0n) is 9.38. The minimum Gasteiger partial charge on any atom is -0.300 e. The first-order valence-corrected chi connectivity index (χ1v) is 5.77. The number of carbonyl (C=O) groups is 1. The number of aromatic nitrogens is 1. The molecule has 0 aliphatic rings. The van der Waals surface area contributed by atoms with E-state index in [-0.39, 0.29) is 11.2 Å². The van der Waals surface area contributed by atoms with E-state index in [1.54, 1.807) is 13.1 Å². The molecule has 0 saturated carbocycles. The molecular formula is C12H16BrNO. The summed E-state index contributed by atoms with van der Waals surface area (Å²) in [5, 5.41) is 0. The fourth-order valence-corrected chi connectivity index (χ4v) is 2.25. The molecule has 0 radical (unpaired) electrons. The molecule has 0 aromatic carbocycles. The van der Waals surface area contributed by atoms with Crippen LogP contribution in [0.15, 0.2) is 22.9 Å². The molecule has 3 heteroatoms. The highest BCUT2D eigenvalue weighted by atomic mass is 79.9. The van der Waals surface area contributed by atoms with Gasteiger partial charge >= 0.3 is 0 Å². The van der Waals surface area contributed by atoms with Gasteiger partial charge in [-0.25, -0.2) is 0 Å². The highest BCUT2D eigenvalue weighted by molar-refractivity contribution is 9.10. The van der Waals surface area contributed by atoms with Crippen LogP contribution in [-0.2, 0) is 11.2 Å². The summed E-state index contributed by atoms with van der Waals surface area (Å²) in [4.78, 5) is 15.2. The van der Waals surface area contributed by atoms with E-state index in [2.05, 4.69) is 40.8 Å². The molecule has 0 fully saturated rings. The molecule has 0 amide bonds. The largest absolute Gasteiger partial charge is 0.300 e. The maximum Gasteiger partial charge on any atom is 0.130 e. The van der Waals surface area contributed by atoms with Gasteiger partial charge in [0.15, 0.2) is 0 Å². The van der Waals surface area contributed by atoms with Crippen LogP contribution >= 0.6 is 15.9 Å². The summed E-state index contributed by atoms with van der Waals surface area (Å²) in [6, 6.07) is 2.05. The summed E-state index contributed by atoms with van der Waals surface area (Å²) in [7, 11) is 0. The lowest BCUT2D eigenvalue weighted by atomic mass is 9.82. The van der Waals surface area contributed by atoms with Crippen molar-refractivity contribution >= 4 is 21.7 Å². The molecule has 1 rings (SSSR count). The number of carbonyl (C=O) groups excluding carboxylic acids is 1. The fourth-order valence-electron chi connectivity index (χ4n) is 1.84. The Kier molecular flexibility index (Phi) is 4.03. The van der Waals surface area contributed by atoms with Crippen molar-refractivity contribution in [3.8, 4) is 0 Å². The summed E-state index contributed by atoms with van der Waals surface area (Å²) >= 11 is 3.39. The maximum atomic E-state index is 11.1. The topological polar surface area (TPSA) is 30.0 Å². The maximum absolute atomic E-state index is 11.1. The van der Waals surface area contributed by atoms with E-state index in [0.29, 0.717) is 6.42 Å². The average molecular weight is 270 g/mol. The highest BCUT2D eigenvalue weighted by Gasteiger charge is 2.20. The molecule has 0 spiro atoms. The smallest absolute Gasteiger partial charge is 0.130 e. The number of Topliss-reactive ketones (excluding diaryl/α,β-unsaturated/α-hetero) is 1. The molecule has 0 N–H and O–H groups in total. The molecule has 0 bridgehead atoms. The van der Waals surface area contributed by atoms with Crippen molar-refractivity contribution < 1.29 is 4.79 Å². The van der Waals surface area contributed by atoms with Gasteiger partial charge in [-0.15, -0.1) is 0 Å². The Hall–Kier alpha value is -0.700. The van der Waals surface area contributed by atoms with Crippen molar-refractivity contribution in [2.45, 2.75) is 33.6 Å². The summed E-state index contributed by atoms with van der Waals surface area (Å²) in [6.45, 7) is 5.85. The summed E-state index contributed by atoms with van der Waals surface area (Å²) in [5.41, 5.74) is 1.17. The van der Waals surface area contributed by atoms with Crippen LogP contribution in [0.1, 0.15) is 32.8 Å². The SMILES string of the molecule is CC(=O)CC(C)(C)Cc1cncc(Br)c1. The molecule has 82 valence electrons. The number of pyridine rings is 1. The third-order valence-electron chi connectivity index (χ3n) is 2.17. The van der Waals surface area contributed by atoms with Crippen molar-refractivity contribution in [1.82, 2.24) is 4.98 Å². The Bertz CT molecular complexity index is 360. The zero-order valence-corrected chi connectivity index (χ0v) is 11.0. The molecule has 15 heavy (non-hydrogen) atoms. The van der Waals surface area contributed by atoms with Crippen LogP contribution in [0.5, 0.6) is 0 Å². The molecule has 2 nitrogen and oxygen atoms in total. The predicted octanol–water partition coefficient (Wildman–Crippen LogP) is 3.39. The molecule has 0 unspecified atom stereocenters. The van der Waals surface area contributed by atoms with E-state index in [1.165, 1.54) is 0 Å². The standard InChI is InChI=1S/C12H16BrNO/c1-9(15)5-12(2,3)6-10-4-11(13)8-14-7-10/h4,7-8H,5-6H2,1-3H3. The molecule has 0 saturated heterocycles. The van der Waals surface area contributed by atoms with Crippen molar-refractivity contribution in [2.75, 3.05) is 0 Å². The number of hydrogen-bond donors (Lipinski definition) is 0. The third-order valence-corrected chi connectivity index (χ3v) is 2.61. The van der Waals surface area contributed by atoms with Crippen molar-refractivity contribution in [3.05, 3.63) is 28.5 Å². The first kappa shape index (κ1) is 12.4. The van der Waals surface area contributed by atoms with E-state index in [1.807, 2.05) is 6.20 Å². The van der Waals surface area contributed by atoms with E-state index in [4.69, 9.17) is 0 Å². The Balaban J connectivity index is 2.72. The number of rotatable bonds is 4. The Morgan fingerprint density at radius 1 is 1.47 bits per heavy atom. The molecule has 0 aliphatic carbocycles. The van der Waals surface area contributed by atoms with E-state index < -0.39 is 0 Å². The second-order valence-corrected chi connectivity index (χ2v) is 5.65. The normalized spacial score (nSPS) is 11.5. The molecule has 1 aromatic heterocycles. The zero-order chi connectivity index (χ0) is 11.5. The van der Waals surface area contributed by atoms with E-state index >= 15 is 0 Å². The van der Waals surface area contributed by atoms with Crippen molar-refractivity contribution in [2.24, 2.45) is 5.41 Å². The van der Waals surface area contributed by atoms with Gasteiger partial charge in [-0.05, 0) is 46.3 Å². The molecule has 0 aliphatic heterocycles. The van der Waals surface area contributed by atoms with Gasteiger partial charge in [0.1, 0.15) is 5.78 Å². The first-order chi connectivity index (χ1) is 6.89. The lowest BCUT2D eigenvalue weighted by Crippen LogP contribution is -2.18. The van der Waals surface area contributed by atoms with Gasteiger partial charge in [0, 0.05) is 23.3 Å². The van der Waals surface area contributed by atoms with Crippen molar-refractivity contribution in [3.63, 3.8) is 0 Å². The summed E-state index contributed by atoms with van der Waals surface area (Å²) < 4.78 is 0.985. The number of ketones is 1. The minimum atomic E-state index is 0.00824. The number of halogens is 1. The van der Waals surface area contributed by atoms with Crippen LogP contribution in [0.4, 0.5) is 0 Å². The number of nitrogens with zero attached hydrogens (tertiary/aromatic N) is 1. The van der Waals surface area contributed by atoms with Crippen LogP contribution in [0.3, 0.4) is 0 Å². The lowest BCUT2D eigenvalue weighted by Gasteiger charge is -2.23. The fraction of sp³-hybridized carbons (Fsp3) is 0.500. The van der Waals surface area contributed by atoms with Crippen LogP contribution in [0.2, 0.25) is 0 Å². The van der Waals surface area contributed by atoms with Gasteiger partial charge < -0.3 is 4.79 Å². The van der Waals surface area contributed by atoms with Gasteiger partial charge in [0.25, 0.3) is 0 Å². The predicted molar refractivity (Wildman–Crippen MR) is 64.7 cm³/mol. The quantitative estimate of drug-likeness (QED) is 0.839. The lowest BCUT2D eigenvalue weighted by molar-refractivity contribution is -0.118. The average Bonchev–Trinajstić information content (AvgIpc) is 1.99. The Labute approximate surface area is 99.2 Å². The van der Waals surface area contributed by atoms with E-state index in [9.17, 15) is 4.79 Å². The van der Waals surface area contributed by atoms with Gasteiger partial charge in [-0.2, -0.15) is 0 Å². The summed E-state index contributed by atoms with van der Waals surface area (Å²) in [6.07, 6.45) is 5.10. The van der Waals surface area contributed by atoms with Crippen LogP contribution < -0.4 is 0 Å². The molecular weight excluding hydrogens is 254 g/mol. The van der Waals surface area contributed by atoms with Gasteiger partial charge in [-0.3, -0.25) is 4.98 Å². The molecule has 0 atom stereocenters. The number of hydrogen-bond acceptors (Lipinski definition) is 2. The monoisotopic (exact) mass is 269 g/mol. The van der Waals surface area contributed by atoms with Gasteiger partial charge in [0.05, 0.1) is 0 Å². The molecule has 1 heterocycles. The van der Waals surface area contributed by atoms with Gasteiger partial charge in [0.2, 0.25) is 0 Å². The second-order valence-electron chi connectivity index (χ2n) is 4.73. The van der Waals surface area contributed by atoms with E-state index in [0.717, 1.165) is 16.5 Å². The van der Waals surface area contributed by atoms with Crippen LogP contribution in [0.25, 0.3) is 0 Å². The highest BCUT2D eigenvalue weighted by Crippen LogP contribution is 2.26. The Morgan fingerprint density at radius 2 is 2.13 bits per heavy atom. The second kappa shape index (κ2) is 4.88. The van der Waals surface area contributed by atoms with Gasteiger partial charge in [-0.1, -0.05) is 13.8 Å². The van der Waals surface area contributed by atoms with Crippen LogP contribution in [0, 0.1) is 5.41 Å². The minimum absolute atomic E-state index is 0.00824. The third kappa shape index (κ3) is 4.56. The molecule has 1 aromatic rings.